The molecule has 1 N–H and O–H groups in total. The second-order valence-corrected chi connectivity index (χ2v) is 4.14. The maximum Gasteiger partial charge on any atom is 0.0900 e. The van der Waals surface area contributed by atoms with E-state index >= 15 is 0 Å². The molecule has 0 aliphatic heterocycles. The molecule has 0 aliphatic rings. The zero-order valence-electron chi connectivity index (χ0n) is 10.5. The van der Waals surface area contributed by atoms with E-state index in [1.165, 1.54) is 5.56 Å². The van der Waals surface area contributed by atoms with Crippen LogP contribution in [0.25, 0.3) is 6.08 Å². The molecule has 0 saturated heterocycles. The predicted molar refractivity (Wildman–Crippen MR) is 70.9 cm³/mol. The van der Waals surface area contributed by atoms with Crippen LogP contribution in [0, 0.1) is 0 Å². The molecule has 1 atom stereocenters. The van der Waals surface area contributed by atoms with Crippen molar-refractivity contribution in [2.45, 2.75) is 6.10 Å². The third-order valence-electron chi connectivity index (χ3n) is 2.41. The summed E-state index contributed by atoms with van der Waals surface area (Å²) in [6, 6.07) is 10.2. The van der Waals surface area contributed by atoms with Crippen molar-refractivity contribution in [1.82, 2.24) is 4.90 Å². The highest BCUT2D eigenvalue weighted by atomic mass is 16.5. The van der Waals surface area contributed by atoms with Crippen molar-refractivity contribution < 1.29 is 9.84 Å². The summed E-state index contributed by atoms with van der Waals surface area (Å²) < 4.78 is 4.88. The van der Waals surface area contributed by atoms with E-state index in [0.717, 1.165) is 6.54 Å². The summed E-state index contributed by atoms with van der Waals surface area (Å²) in [6.07, 6.45) is 3.75. The van der Waals surface area contributed by atoms with Gasteiger partial charge in [-0.05, 0) is 12.6 Å². The molecule has 1 rings (SSSR count). The highest BCUT2D eigenvalue weighted by Crippen LogP contribution is 2.01. The lowest BCUT2D eigenvalue weighted by molar-refractivity contribution is 0.0454. The van der Waals surface area contributed by atoms with E-state index in [4.69, 9.17) is 4.74 Å². The smallest absolute Gasteiger partial charge is 0.0900 e. The molecule has 0 spiro atoms. The standard InChI is InChI=1S/C14H21NO2/c1-15(11-14(16)12-17-2)10-6-9-13-7-4-3-5-8-13/h3-9,14,16H,10-12H2,1-2H3/b9-6+. The van der Waals surface area contributed by atoms with Gasteiger partial charge in [-0.1, -0.05) is 42.5 Å². The van der Waals surface area contributed by atoms with Crippen molar-refractivity contribution in [2.75, 3.05) is 33.9 Å². The Morgan fingerprint density at radius 3 is 2.71 bits per heavy atom. The normalized spacial score (nSPS) is 13.4. The lowest BCUT2D eigenvalue weighted by Crippen LogP contribution is -2.31. The first kappa shape index (κ1) is 13.9. The Hall–Kier alpha value is -1.16. The maximum atomic E-state index is 9.55. The number of aliphatic hydroxyl groups is 1. The van der Waals surface area contributed by atoms with Gasteiger partial charge in [-0.15, -0.1) is 0 Å². The molecule has 0 heterocycles. The summed E-state index contributed by atoms with van der Waals surface area (Å²) in [4.78, 5) is 2.06. The van der Waals surface area contributed by atoms with Crippen molar-refractivity contribution in [2.24, 2.45) is 0 Å². The fourth-order valence-electron chi connectivity index (χ4n) is 1.61. The second kappa shape index (κ2) is 8.01. The quantitative estimate of drug-likeness (QED) is 0.780. The summed E-state index contributed by atoms with van der Waals surface area (Å²) >= 11 is 0. The lowest BCUT2D eigenvalue weighted by atomic mass is 10.2. The molecule has 3 nitrogen and oxygen atoms in total. The van der Waals surface area contributed by atoms with Crippen LogP contribution in [0.2, 0.25) is 0 Å². The number of hydrogen-bond donors (Lipinski definition) is 1. The molecule has 94 valence electrons. The molecule has 1 aromatic carbocycles. The van der Waals surface area contributed by atoms with Crippen LogP contribution >= 0.6 is 0 Å². The minimum absolute atomic E-state index is 0.382. The molecule has 3 heteroatoms. The summed E-state index contributed by atoms with van der Waals surface area (Å²) in [5.74, 6) is 0. The zero-order valence-corrected chi connectivity index (χ0v) is 10.5. The Morgan fingerprint density at radius 2 is 2.06 bits per heavy atom. The molecule has 0 aromatic heterocycles. The Kier molecular flexibility index (Phi) is 6.55. The number of methoxy groups -OCH3 is 1. The van der Waals surface area contributed by atoms with Gasteiger partial charge in [0.15, 0.2) is 0 Å². The first-order chi connectivity index (χ1) is 8.22. The SMILES string of the molecule is COCC(O)CN(C)C/C=C/c1ccccc1. The molecule has 0 amide bonds. The maximum absolute atomic E-state index is 9.55. The van der Waals surface area contributed by atoms with Crippen molar-refractivity contribution >= 4 is 6.08 Å². The average molecular weight is 235 g/mol. The van der Waals surface area contributed by atoms with E-state index in [0.29, 0.717) is 13.2 Å². The third-order valence-corrected chi connectivity index (χ3v) is 2.41. The minimum atomic E-state index is -0.421. The average Bonchev–Trinajstić information content (AvgIpc) is 2.30. The number of benzene rings is 1. The van der Waals surface area contributed by atoms with Crippen molar-refractivity contribution in [3.05, 3.63) is 42.0 Å². The van der Waals surface area contributed by atoms with Gasteiger partial charge in [0, 0.05) is 20.2 Å². The monoisotopic (exact) mass is 235 g/mol. The molecule has 0 saturated carbocycles. The molecule has 0 bridgehead atoms. The highest BCUT2D eigenvalue weighted by molar-refractivity contribution is 5.48. The Morgan fingerprint density at radius 1 is 1.35 bits per heavy atom. The number of ether oxygens (including phenoxy) is 1. The largest absolute Gasteiger partial charge is 0.389 e. The Bertz CT molecular complexity index is 324. The van der Waals surface area contributed by atoms with Crippen LogP contribution in [-0.4, -0.2) is 50.0 Å². The van der Waals surface area contributed by atoms with Crippen LogP contribution in [0.3, 0.4) is 0 Å². The Labute approximate surface area is 103 Å². The number of likely N-dealkylation sites (N-methyl/N-ethyl adjacent to an activating group) is 1. The zero-order chi connectivity index (χ0) is 12.5. The molecular weight excluding hydrogens is 214 g/mol. The molecule has 0 fully saturated rings. The van der Waals surface area contributed by atoms with E-state index in [2.05, 4.69) is 29.2 Å². The van der Waals surface area contributed by atoms with Gasteiger partial charge in [0.2, 0.25) is 0 Å². The predicted octanol–water partition coefficient (Wildman–Crippen LogP) is 1.64. The molecular formula is C14H21NO2. The van der Waals surface area contributed by atoms with Gasteiger partial charge >= 0.3 is 0 Å². The summed E-state index contributed by atoms with van der Waals surface area (Å²) in [5, 5.41) is 9.55. The molecule has 0 radical (unpaired) electrons. The fraction of sp³-hybridized carbons (Fsp3) is 0.429. The van der Waals surface area contributed by atoms with Crippen molar-refractivity contribution in [1.29, 1.82) is 0 Å². The molecule has 1 unspecified atom stereocenters. The van der Waals surface area contributed by atoms with Crippen LogP contribution in [0.5, 0.6) is 0 Å². The fourth-order valence-corrected chi connectivity index (χ4v) is 1.61. The van der Waals surface area contributed by atoms with E-state index in [1.807, 2.05) is 25.2 Å². The highest BCUT2D eigenvalue weighted by Gasteiger charge is 2.05. The van der Waals surface area contributed by atoms with Gasteiger partial charge in [0.25, 0.3) is 0 Å². The molecule has 0 aliphatic carbocycles. The summed E-state index contributed by atoms with van der Waals surface area (Å²) in [6.45, 7) is 1.81. The van der Waals surface area contributed by atoms with Gasteiger partial charge in [-0.3, -0.25) is 0 Å². The topological polar surface area (TPSA) is 32.7 Å². The second-order valence-electron chi connectivity index (χ2n) is 4.14. The molecule has 17 heavy (non-hydrogen) atoms. The van der Waals surface area contributed by atoms with Crippen LogP contribution in [0.4, 0.5) is 0 Å². The first-order valence-electron chi connectivity index (χ1n) is 5.79. The number of nitrogens with zero attached hydrogens (tertiary/aromatic N) is 1. The van der Waals surface area contributed by atoms with E-state index in [1.54, 1.807) is 7.11 Å². The van der Waals surface area contributed by atoms with Gasteiger partial charge in [-0.2, -0.15) is 0 Å². The summed E-state index contributed by atoms with van der Waals surface area (Å²) in [5.41, 5.74) is 1.19. The first-order valence-corrected chi connectivity index (χ1v) is 5.79. The van der Waals surface area contributed by atoms with E-state index in [9.17, 15) is 5.11 Å². The third kappa shape index (κ3) is 6.22. The van der Waals surface area contributed by atoms with Crippen molar-refractivity contribution in [3.63, 3.8) is 0 Å². The van der Waals surface area contributed by atoms with Crippen LogP contribution in [0.15, 0.2) is 36.4 Å². The van der Waals surface area contributed by atoms with E-state index in [-0.39, 0.29) is 0 Å². The van der Waals surface area contributed by atoms with Crippen LogP contribution in [0.1, 0.15) is 5.56 Å². The van der Waals surface area contributed by atoms with E-state index < -0.39 is 6.10 Å². The number of rotatable bonds is 7. The Balaban J connectivity index is 2.28. The number of aliphatic hydroxyl groups excluding tert-OH is 1. The number of hydrogen-bond acceptors (Lipinski definition) is 3. The molecule has 1 aromatic rings. The van der Waals surface area contributed by atoms with Crippen LogP contribution < -0.4 is 0 Å². The van der Waals surface area contributed by atoms with Gasteiger partial charge in [0.05, 0.1) is 12.7 Å². The lowest BCUT2D eigenvalue weighted by Gasteiger charge is -2.18. The summed E-state index contributed by atoms with van der Waals surface area (Å²) in [7, 11) is 3.58. The van der Waals surface area contributed by atoms with Gasteiger partial charge in [-0.25, -0.2) is 0 Å². The van der Waals surface area contributed by atoms with Crippen LogP contribution in [-0.2, 0) is 4.74 Å². The van der Waals surface area contributed by atoms with Gasteiger partial charge in [0.1, 0.15) is 0 Å². The van der Waals surface area contributed by atoms with Crippen molar-refractivity contribution in [3.8, 4) is 0 Å². The van der Waals surface area contributed by atoms with Gasteiger partial charge < -0.3 is 14.7 Å². The minimum Gasteiger partial charge on any atom is -0.389 e.